The van der Waals surface area contributed by atoms with E-state index < -0.39 is 0 Å². The van der Waals surface area contributed by atoms with Crippen molar-refractivity contribution < 1.29 is 19.1 Å². The van der Waals surface area contributed by atoms with Gasteiger partial charge in [-0.15, -0.1) is 10.2 Å². The topological polar surface area (TPSA) is 107 Å². The van der Waals surface area contributed by atoms with E-state index in [0.29, 0.717) is 28.0 Å². The molecule has 0 radical (unpaired) electrons. The lowest BCUT2D eigenvalue weighted by Gasteiger charge is -2.12. The number of hydrogen-bond donors (Lipinski definition) is 2. The van der Waals surface area contributed by atoms with E-state index in [1.807, 2.05) is 60.0 Å². The fourth-order valence-corrected chi connectivity index (χ4v) is 4.64. The lowest BCUT2D eigenvalue weighted by molar-refractivity contribution is -0.113. The number of aromatic nitrogens is 3. The number of rotatable bonds is 10. The number of thioether (sulfide) groups is 1. The highest BCUT2D eigenvalue weighted by Crippen LogP contribution is 2.25. The van der Waals surface area contributed by atoms with E-state index >= 15 is 0 Å². The molecule has 0 fully saturated rings. The third kappa shape index (κ3) is 6.93. The normalized spacial score (nSPS) is 10.6. The van der Waals surface area contributed by atoms with Gasteiger partial charge in [-0.25, -0.2) is 0 Å². The smallest absolute Gasteiger partial charge is 0.251 e. The van der Waals surface area contributed by atoms with Gasteiger partial charge in [0.15, 0.2) is 11.0 Å². The summed E-state index contributed by atoms with van der Waals surface area (Å²) in [6.07, 6.45) is 0. The van der Waals surface area contributed by atoms with Crippen LogP contribution in [0, 0.1) is 6.92 Å². The van der Waals surface area contributed by atoms with Crippen molar-refractivity contribution in [2.24, 2.45) is 0 Å². The molecule has 2 amide bonds. The molecule has 4 aromatic rings. The van der Waals surface area contributed by atoms with Crippen molar-refractivity contribution in [3.05, 3.63) is 88.2 Å². The first-order valence-electron chi connectivity index (χ1n) is 11.6. The summed E-state index contributed by atoms with van der Waals surface area (Å²) in [6, 6.07) is 20.2. The van der Waals surface area contributed by atoms with Crippen molar-refractivity contribution in [3.8, 4) is 17.2 Å². The number of carbonyl (C=O) groups excluding carboxylic acids is 2. The average molecular weight is 597 g/mol. The molecule has 0 aliphatic carbocycles. The Morgan fingerprint density at radius 2 is 1.68 bits per heavy atom. The van der Waals surface area contributed by atoms with Gasteiger partial charge < -0.3 is 20.1 Å². The number of halogens is 1. The molecule has 1 heterocycles. The van der Waals surface area contributed by atoms with Crippen molar-refractivity contribution in [1.82, 2.24) is 20.1 Å². The molecule has 0 bridgehead atoms. The first-order chi connectivity index (χ1) is 18.4. The first kappa shape index (κ1) is 27.2. The predicted octanol–water partition coefficient (Wildman–Crippen LogP) is 5.02. The molecule has 0 unspecified atom stereocenters. The third-order valence-electron chi connectivity index (χ3n) is 5.44. The molecule has 0 atom stereocenters. The molecular weight excluding hydrogens is 570 g/mol. The zero-order valence-corrected chi connectivity index (χ0v) is 23.4. The fraction of sp³-hybridized carbons (Fsp3) is 0.185. The molecule has 0 spiro atoms. The van der Waals surface area contributed by atoms with Gasteiger partial charge in [-0.05, 0) is 61.0 Å². The van der Waals surface area contributed by atoms with Crippen LogP contribution in [0.25, 0.3) is 5.69 Å². The van der Waals surface area contributed by atoms with Crippen molar-refractivity contribution >= 4 is 45.2 Å². The predicted molar refractivity (Wildman–Crippen MR) is 150 cm³/mol. The highest BCUT2D eigenvalue weighted by atomic mass is 79.9. The van der Waals surface area contributed by atoms with Crippen LogP contribution in [0.2, 0.25) is 0 Å². The molecule has 4 rings (SSSR count). The maximum Gasteiger partial charge on any atom is 0.251 e. The number of ether oxygens (including phenoxy) is 2. The number of anilines is 1. The summed E-state index contributed by atoms with van der Waals surface area (Å²) in [5.74, 6) is 1.19. The number of methoxy groups -OCH3 is 2. The highest BCUT2D eigenvalue weighted by molar-refractivity contribution is 9.10. The quantitative estimate of drug-likeness (QED) is 0.248. The van der Waals surface area contributed by atoms with Gasteiger partial charge in [0.2, 0.25) is 5.91 Å². The Morgan fingerprint density at radius 3 is 2.34 bits per heavy atom. The molecule has 11 heteroatoms. The molecule has 0 saturated carbocycles. The summed E-state index contributed by atoms with van der Waals surface area (Å²) < 4.78 is 13.3. The summed E-state index contributed by atoms with van der Waals surface area (Å²) in [6.45, 7) is 2.08. The van der Waals surface area contributed by atoms with Crippen LogP contribution in [-0.2, 0) is 11.3 Å². The van der Waals surface area contributed by atoms with Crippen molar-refractivity contribution in [3.63, 3.8) is 0 Å². The molecule has 2 N–H and O–H groups in total. The van der Waals surface area contributed by atoms with E-state index in [4.69, 9.17) is 9.47 Å². The Morgan fingerprint density at radius 1 is 0.974 bits per heavy atom. The van der Waals surface area contributed by atoms with E-state index in [-0.39, 0.29) is 24.1 Å². The Balaban J connectivity index is 1.51. The molecular formula is C27H26BrN5O4S. The Hall–Kier alpha value is -3.83. The summed E-state index contributed by atoms with van der Waals surface area (Å²) in [5, 5.41) is 14.9. The summed E-state index contributed by atoms with van der Waals surface area (Å²) in [7, 11) is 3.05. The molecule has 1 aromatic heterocycles. The van der Waals surface area contributed by atoms with Crippen molar-refractivity contribution in [1.29, 1.82) is 0 Å². The Bertz CT molecular complexity index is 1420. The number of hydrogen-bond acceptors (Lipinski definition) is 7. The SMILES string of the molecule is COc1cc(OC)cc(C(=O)NCc2nnc(SCC(=O)Nc3cccc(C)c3)n2-c2ccc(Br)cc2)c1. The lowest BCUT2D eigenvalue weighted by Crippen LogP contribution is -2.24. The summed E-state index contributed by atoms with van der Waals surface area (Å²) in [4.78, 5) is 25.5. The first-order valence-corrected chi connectivity index (χ1v) is 13.3. The minimum Gasteiger partial charge on any atom is -0.497 e. The maximum atomic E-state index is 12.9. The zero-order chi connectivity index (χ0) is 27.1. The van der Waals surface area contributed by atoms with Gasteiger partial charge in [-0.3, -0.25) is 14.2 Å². The van der Waals surface area contributed by atoms with Gasteiger partial charge in [0, 0.05) is 27.5 Å². The monoisotopic (exact) mass is 595 g/mol. The van der Waals surface area contributed by atoms with Crippen LogP contribution in [0.5, 0.6) is 11.5 Å². The van der Waals surface area contributed by atoms with Crippen LogP contribution in [0.3, 0.4) is 0 Å². The van der Waals surface area contributed by atoms with Gasteiger partial charge >= 0.3 is 0 Å². The lowest BCUT2D eigenvalue weighted by atomic mass is 10.2. The largest absolute Gasteiger partial charge is 0.497 e. The molecule has 0 saturated heterocycles. The van der Waals surface area contributed by atoms with Crippen molar-refractivity contribution in [2.45, 2.75) is 18.6 Å². The summed E-state index contributed by atoms with van der Waals surface area (Å²) in [5.41, 5.74) is 2.98. The van der Waals surface area contributed by atoms with E-state index in [1.165, 1.54) is 26.0 Å². The van der Waals surface area contributed by atoms with Gasteiger partial charge in [0.05, 0.1) is 26.5 Å². The number of nitrogens with one attached hydrogen (secondary N) is 2. The molecule has 38 heavy (non-hydrogen) atoms. The number of amides is 2. The molecule has 0 aliphatic heterocycles. The molecule has 9 nitrogen and oxygen atoms in total. The average Bonchev–Trinajstić information content (AvgIpc) is 3.33. The molecule has 0 aliphatic rings. The summed E-state index contributed by atoms with van der Waals surface area (Å²) >= 11 is 4.71. The minimum absolute atomic E-state index is 0.109. The van der Waals surface area contributed by atoms with Crippen LogP contribution in [-0.4, -0.2) is 46.6 Å². The highest BCUT2D eigenvalue weighted by Gasteiger charge is 2.18. The second kappa shape index (κ2) is 12.6. The number of carbonyl (C=O) groups is 2. The third-order valence-corrected chi connectivity index (χ3v) is 6.90. The van der Waals surface area contributed by atoms with Gasteiger partial charge in [-0.1, -0.05) is 39.8 Å². The van der Waals surface area contributed by atoms with Gasteiger partial charge in [0.25, 0.3) is 5.91 Å². The van der Waals surface area contributed by atoms with Crippen LogP contribution in [0.15, 0.2) is 76.4 Å². The fourth-order valence-electron chi connectivity index (χ4n) is 3.61. The van der Waals surface area contributed by atoms with E-state index in [2.05, 4.69) is 36.8 Å². The second-order valence-electron chi connectivity index (χ2n) is 8.20. The second-order valence-corrected chi connectivity index (χ2v) is 10.1. The Kier molecular flexibility index (Phi) is 9.03. The molecule has 196 valence electrons. The van der Waals surface area contributed by atoms with Crippen LogP contribution in [0.4, 0.5) is 5.69 Å². The van der Waals surface area contributed by atoms with Gasteiger partial charge in [0.1, 0.15) is 11.5 Å². The molecule has 3 aromatic carbocycles. The van der Waals surface area contributed by atoms with Crippen LogP contribution >= 0.6 is 27.7 Å². The van der Waals surface area contributed by atoms with Crippen molar-refractivity contribution in [2.75, 3.05) is 25.3 Å². The minimum atomic E-state index is -0.320. The standard InChI is InChI=1S/C27H26BrN5O4S/c1-17-5-4-6-20(11-17)30-25(34)16-38-27-32-31-24(33(27)21-9-7-19(28)8-10-21)15-29-26(35)18-12-22(36-2)14-23(13-18)37-3/h4-14H,15-16H2,1-3H3,(H,29,35)(H,30,34). The maximum absolute atomic E-state index is 12.9. The van der Waals surface area contributed by atoms with Gasteiger partial charge in [-0.2, -0.15) is 0 Å². The number of nitrogens with zero attached hydrogens (tertiary/aromatic N) is 3. The van der Waals surface area contributed by atoms with E-state index in [9.17, 15) is 9.59 Å². The number of benzene rings is 3. The zero-order valence-electron chi connectivity index (χ0n) is 21.0. The van der Waals surface area contributed by atoms with Crippen LogP contribution in [0.1, 0.15) is 21.7 Å². The Labute approximate surface area is 233 Å². The van der Waals surface area contributed by atoms with Crippen LogP contribution < -0.4 is 20.1 Å². The van der Waals surface area contributed by atoms with E-state index in [0.717, 1.165) is 21.4 Å². The van der Waals surface area contributed by atoms with E-state index in [1.54, 1.807) is 18.2 Å². The number of aryl methyl sites for hydroxylation is 1.